The molecule has 4 saturated carbocycles. The van der Waals surface area contributed by atoms with Gasteiger partial charge in [0.1, 0.15) is 0 Å². The summed E-state index contributed by atoms with van der Waals surface area (Å²) in [5.74, 6) is 2.21. The third kappa shape index (κ3) is 1.08. The van der Waals surface area contributed by atoms with E-state index in [4.69, 9.17) is 0 Å². The van der Waals surface area contributed by atoms with Gasteiger partial charge < -0.3 is 0 Å². The Hall–Kier alpha value is 0.730. The van der Waals surface area contributed by atoms with Crippen LogP contribution >= 0.6 is 22.6 Å². The van der Waals surface area contributed by atoms with E-state index in [1.165, 1.54) is 6.42 Å². The van der Waals surface area contributed by atoms with Crippen molar-refractivity contribution in [1.29, 1.82) is 0 Å². The van der Waals surface area contributed by atoms with Crippen molar-refractivity contribution < 1.29 is 0 Å². The van der Waals surface area contributed by atoms with Gasteiger partial charge in [-0.2, -0.15) is 0 Å². The normalized spacial score (nSPS) is 62.5. The van der Waals surface area contributed by atoms with Crippen LogP contribution in [0.2, 0.25) is 0 Å². The zero-order valence-corrected chi connectivity index (χ0v) is 9.93. The fourth-order valence-electron chi connectivity index (χ4n) is 4.60. The largest absolute Gasteiger partial charge is 0.0788 e. The first-order valence-electron chi connectivity index (χ1n) is 5.26. The molecule has 0 saturated heterocycles. The molecule has 2 unspecified atom stereocenters. The van der Waals surface area contributed by atoms with Crippen molar-refractivity contribution in [2.45, 2.75) is 48.9 Å². The molecule has 68 valence electrons. The number of hydrogen-bond acceptors (Lipinski definition) is 0. The second-order valence-corrected chi connectivity index (χ2v) is 8.21. The Labute approximate surface area is 88.6 Å². The summed E-state index contributed by atoms with van der Waals surface area (Å²) in [6.45, 7) is 2.54. The second-order valence-electron chi connectivity index (χ2n) is 5.92. The Balaban J connectivity index is 1.98. The van der Waals surface area contributed by atoms with Gasteiger partial charge in [-0.1, -0.05) is 29.5 Å². The first-order chi connectivity index (χ1) is 5.57. The fourth-order valence-corrected chi connectivity index (χ4v) is 6.76. The van der Waals surface area contributed by atoms with Gasteiger partial charge in [-0.15, -0.1) is 0 Å². The van der Waals surface area contributed by atoms with Crippen LogP contribution < -0.4 is 0 Å². The van der Waals surface area contributed by atoms with Crippen LogP contribution in [0.3, 0.4) is 0 Å². The van der Waals surface area contributed by atoms with Gasteiger partial charge in [0.15, 0.2) is 0 Å². The molecule has 4 aliphatic rings. The molecule has 0 aliphatic heterocycles. The van der Waals surface area contributed by atoms with E-state index in [0.717, 1.165) is 20.7 Å². The van der Waals surface area contributed by atoms with Crippen molar-refractivity contribution in [3.8, 4) is 0 Å². The molecule has 0 amide bonds. The Morgan fingerprint density at radius 2 is 1.67 bits per heavy atom. The third-order valence-corrected chi connectivity index (χ3v) is 5.54. The molecule has 0 nitrogen and oxygen atoms in total. The molecule has 0 N–H and O–H groups in total. The lowest BCUT2D eigenvalue weighted by Crippen LogP contribution is -2.51. The van der Waals surface area contributed by atoms with E-state index in [9.17, 15) is 0 Å². The maximum absolute atomic E-state index is 2.78. The number of hydrogen-bond donors (Lipinski definition) is 0. The van der Waals surface area contributed by atoms with Crippen molar-refractivity contribution in [3.63, 3.8) is 0 Å². The van der Waals surface area contributed by atoms with Crippen LogP contribution in [-0.4, -0.2) is 3.42 Å². The van der Waals surface area contributed by atoms with Crippen molar-refractivity contribution in [2.24, 2.45) is 17.3 Å². The summed E-state index contributed by atoms with van der Waals surface area (Å²) in [4.78, 5) is 0. The van der Waals surface area contributed by atoms with Crippen LogP contribution in [-0.2, 0) is 0 Å². The van der Waals surface area contributed by atoms with Gasteiger partial charge in [-0.25, -0.2) is 0 Å². The van der Waals surface area contributed by atoms with Crippen molar-refractivity contribution in [3.05, 3.63) is 0 Å². The molecule has 4 aliphatic carbocycles. The maximum atomic E-state index is 2.78. The van der Waals surface area contributed by atoms with Crippen LogP contribution in [0.15, 0.2) is 0 Å². The summed E-state index contributed by atoms with van der Waals surface area (Å²) in [5.41, 5.74) is 0.755. The number of halogens is 1. The van der Waals surface area contributed by atoms with Crippen molar-refractivity contribution >= 4 is 22.6 Å². The summed E-state index contributed by atoms with van der Waals surface area (Å²) in [6.07, 6.45) is 9.27. The molecule has 2 atom stereocenters. The minimum absolute atomic E-state index is 0.733. The summed E-state index contributed by atoms with van der Waals surface area (Å²) in [6, 6.07) is 0. The molecule has 0 spiro atoms. The van der Waals surface area contributed by atoms with Gasteiger partial charge in [0.2, 0.25) is 0 Å². The SMILES string of the molecule is CC12CC3CC(C1)CC(I)(C3)C2. The Morgan fingerprint density at radius 3 is 2.08 bits per heavy atom. The molecular formula is C11H17I. The van der Waals surface area contributed by atoms with Crippen LogP contribution in [0, 0.1) is 17.3 Å². The summed E-state index contributed by atoms with van der Waals surface area (Å²) >= 11 is 2.78. The molecule has 1 heteroatoms. The highest BCUT2D eigenvalue weighted by atomic mass is 127. The molecule has 12 heavy (non-hydrogen) atoms. The zero-order valence-electron chi connectivity index (χ0n) is 7.78. The zero-order chi connectivity index (χ0) is 8.40. The van der Waals surface area contributed by atoms with Gasteiger partial charge in [0, 0.05) is 3.42 Å². The van der Waals surface area contributed by atoms with E-state index >= 15 is 0 Å². The third-order valence-electron chi connectivity index (χ3n) is 4.28. The lowest BCUT2D eigenvalue weighted by molar-refractivity contribution is -0.0191. The Bertz CT molecular complexity index is 187. The van der Waals surface area contributed by atoms with E-state index < -0.39 is 0 Å². The van der Waals surface area contributed by atoms with E-state index in [0.29, 0.717) is 0 Å². The molecule has 0 radical (unpaired) electrons. The molecule has 4 rings (SSSR count). The average molecular weight is 276 g/mol. The summed E-state index contributed by atoms with van der Waals surface area (Å²) in [5, 5.41) is 0. The van der Waals surface area contributed by atoms with E-state index in [-0.39, 0.29) is 0 Å². The molecule has 0 aromatic heterocycles. The van der Waals surface area contributed by atoms with Crippen molar-refractivity contribution in [2.75, 3.05) is 0 Å². The van der Waals surface area contributed by atoms with E-state index in [1.807, 2.05) is 0 Å². The highest BCUT2D eigenvalue weighted by Gasteiger charge is 2.54. The van der Waals surface area contributed by atoms with Crippen LogP contribution in [0.4, 0.5) is 0 Å². The lowest BCUT2D eigenvalue weighted by atomic mass is 9.50. The quantitative estimate of drug-likeness (QED) is 0.466. The van der Waals surface area contributed by atoms with Crippen LogP contribution in [0.5, 0.6) is 0 Å². The molecule has 4 fully saturated rings. The van der Waals surface area contributed by atoms with Gasteiger partial charge in [0.25, 0.3) is 0 Å². The standard InChI is InChI=1S/C11H17I/c1-10-3-8-2-9(4-10)6-11(12,5-8)7-10/h8-9H,2-7H2,1H3. The fraction of sp³-hybridized carbons (Fsp3) is 1.00. The Morgan fingerprint density at radius 1 is 1.08 bits per heavy atom. The average Bonchev–Trinajstić information content (AvgIpc) is 1.75. The maximum Gasteiger partial charge on any atom is 0.0232 e. The van der Waals surface area contributed by atoms with Gasteiger partial charge in [-0.05, 0) is 55.8 Å². The molecular weight excluding hydrogens is 259 g/mol. The number of rotatable bonds is 0. The van der Waals surface area contributed by atoms with Crippen LogP contribution in [0.25, 0.3) is 0 Å². The van der Waals surface area contributed by atoms with E-state index in [1.54, 1.807) is 32.1 Å². The smallest absolute Gasteiger partial charge is 0.0232 e. The summed E-state index contributed by atoms with van der Waals surface area (Å²) < 4.78 is 0.733. The molecule has 0 aromatic carbocycles. The number of alkyl halides is 1. The first-order valence-corrected chi connectivity index (χ1v) is 6.34. The minimum Gasteiger partial charge on any atom is -0.0788 e. The second kappa shape index (κ2) is 2.21. The highest BCUT2D eigenvalue weighted by Crippen LogP contribution is 2.64. The minimum atomic E-state index is 0.733. The first kappa shape index (κ1) is 8.07. The predicted octanol–water partition coefficient (Wildman–Crippen LogP) is 3.78. The predicted molar refractivity (Wildman–Crippen MR) is 59.5 cm³/mol. The molecule has 0 heterocycles. The highest BCUT2D eigenvalue weighted by molar-refractivity contribution is 14.1. The van der Waals surface area contributed by atoms with Crippen molar-refractivity contribution in [1.82, 2.24) is 0 Å². The van der Waals surface area contributed by atoms with Gasteiger partial charge in [-0.3, -0.25) is 0 Å². The van der Waals surface area contributed by atoms with Gasteiger partial charge >= 0.3 is 0 Å². The topological polar surface area (TPSA) is 0 Å². The summed E-state index contributed by atoms with van der Waals surface area (Å²) in [7, 11) is 0. The Kier molecular flexibility index (Phi) is 1.49. The lowest BCUT2D eigenvalue weighted by Gasteiger charge is -2.59. The van der Waals surface area contributed by atoms with Gasteiger partial charge in [0.05, 0.1) is 0 Å². The van der Waals surface area contributed by atoms with E-state index in [2.05, 4.69) is 29.5 Å². The molecule has 4 bridgehead atoms. The van der Waals surface area contributed by atoms with Crippen LogP contribution in [0.1, 0.15) is 45.4 Å². The molecule has 0 aromatic rings. The monoisotopic (exact) mass is 276 g/mol.